The first-order valence-corrected chi connectivity index (χ1v) is 8.91. The summed E-state index contributed by atoms with van der Waals surface area (Å²) in [5, 5.41) is 5.26. The third-order valence-electron chi connectivity index (χ3n) is 3.34. The second-order valence-electron chi connectivity index (χ2n) is 5.12. The summed E-state index contributed by atoms with van der Waals surface area (Å²) < 4.78 is 26.8. The van der Waals surface area contributed by atoms with Crippen LogP contribution in [0.15, 0.2) is 47.9 Å². The minimum absolute atomic E-state index is 0.154. The number of carbonyl (C=O) groups is 1. The van der Waals surface area contributed by atoms with Crippen LogP contribution in [0.5, 0.6) is 0 Å². The molecular formula is C18H10Cl2F2N2OS. The average Bonchev–Trinajstić information content (AvgIpc) is 3.02. The molecule has 0 saturated heterocycles. The Hall–Kier alpha value is -2.28. The van der Waals surface area contributed by atoms with Crippen molar-refractivity contribution in [2.24, 2.45) is 0 Å². The Balaban J connectivity index is 1.73. The average molecular weight is 411 g/mol. The number of aromatic nitrogens is 1. The second kappa shape index (κ2) is 7.95. The maximum atomic E-state index is 13.8. The monoisotopic (exact) mass is 410 g/mol. The number of thiazole rings is 1. The van der Waals surface area contributed by atoms with Crippen molar-refractivity contribution in [1.29, 1.82) is 0 Å². The van der Waals surface area contributed by atoms with Gasteiger partial charge in [0.1, 0.15) is 11.6 Å². The van der Waals surface area contributed by atoms with E-state index in [0.717, 1.165) is 23.5 Å². The van der Waals surface area contributed by atoms with E-state index in [0.29, 0.717) is 21.3 Å². The summed E-state index contributed by atoms with van der Waals surface area (Å²) in [5.74, 6) is -1.83. The number of anilines is 1. The van der Waals surface area contributed by atoms with Crippen LogP contribution in [0.1, 0.15) is 5.56 Å². The summed E-state index contributed by atoms with van der Waals surface area (Å²) in [6, 6.07) is 8.25. The topological polar surface area (TPSA) is 42.0 Å². The normalized spacial score (nSPS) is 11.1. The van der Waals surface area contributed by atoms with Gasteiger partial charge in [-0.3, -0.25) is 10.1 Å². The number of nitrogens with zero attached hydrogens (tertiary/aromatic N) is 1. The summed E-state index contributed by atoms with van der Waals surface area (Å²) >= 11 is 13.2. The smallest absolute Gasteiger partial charge is 0.250 e. The van der Waals surface area contributed by atoms with Crippen molar-refractivity contribution in [3.63, 3.8) is 0 Å². The molecule has 132 valence electrons. The molecule has 0 radical (unpaired) electrons. The van der Waals surface area contributed by atoms with E-state index in [2.05, 4.69) is 10.3 Å². The molecule has 0 atom stereocenters. The van der Waals surface area contributed by atoms with Crippen LogP contribution in [-0.2, 0) is 4.79 Å². The lowest BCUT2D eigenvalue weighted by atomic mass is 10.1. The molecule has 0 fully saturated rings. The van der Waals surface area contributed by atoms with Gasteiger partial charge in [0, 0.05) is 38.7 Å². The fourth-order valence-corrected chi connectivity index (χ4v) is 3.37. The molecule has 3 aromatic rings. The molecule has 2 aromatic carbocycles. The van der Waals surface area contributed by atoms with Gasteiger partial charge in [-0.25, -0.2) is 13.8 Å². The minimum Gasteiger partial charge on any atom is -0.298 e. The first-order chi connectivity index (χ1) is 12.4. The molecule has 3 rings (SSSR count). The molecule has 1 N–H and O–H groups in total. The number of hydrogen-bond acceptors (Lipinski definition) is 3. The third kappa shape index (κ3) is 4.27. The number of amides is 1. The Kier molecular flexibility index (Phi) is 5.66. The number of carbonyl (C=O) groups excluding carboxylic acids is 1. The van der Waals surface area contributed by atoms with Gasteiger partial charge in [-0.15, -0.1) is 11.3 Å². The van der Waals surface area contributed by atoms with Crippen molar-refractivity contribution in [2.75, 3.05) is 5.32 Å². The molecule has 3 nitrogen and oxygen atoms in total. The van der Waals surface area contributed by atoms with Crippen LogP contribution in [0.4, 0.5) is 13.9 Å². The Morgan fingerprint density at radius 2 is 1.88 bits per heavy atom. The predicted octanol–water partition coefficient (Wildman–Crippen LogP) is 6.05. The number of nitrogens with one attached hydrogen (secondary N) is 1. The van der Waals surface area contributed by atoms with E-state index in [1.165, 1.54) is 18.2 Å². The van der Waals surface area contributed by atoms with Gasteiger partial charge in [0.05, 0.1) is 5.69 Å². The van der Waals surface area contributed by atoms with Crippen molar-refractivity contribution in [2.45, 2.75) is 0 Å². The number of hydrogen-bond donors (Lipinski definition) is 1. The van der Waals surface area contributed by atoms with Gasteiger partial charge < -0.3 is 0 Å². The van der Waals surface area contributed by atoms with E-state index in [1.807, 2.05) is 0 Å². The Bertz CT molecular complexity index is 984. The van der Waals surface area contributed by atoms with Crippen molar-refractivity contribution in [3.05, 3.63) is 75.1 Å². The SMILES string of the molecule is O=C(/C=C/c1c(Cl)cccc1Cl)Nc1nc(-c2ccc(F)cc2F)cs1. The first kappa shape index (κ1) is 18.5. The lowest BCUT2D eigenvalue weighted by Gasteiger charge is -2.01. The highest BCUT2D eigenvalue weighted by Crippen LogP contribution is 2.28. The predicted molar refractivity (Wildman–Crippen MR) is 102 cm³/mol. The molecule has 0 saturated carbocycles. The van der Waals surface area contributed by atoms with Crippen molar-refractivity contribution >= 4 is 51.7 Å². The number of benzene rings is 2. The zero-order valence-corrected chi connectivity index (χ0v) is 15.3. The van der Waals surface area contributed by atoms with Crippen molar-refractivity contribution in [3.8, 4) is 11.3 Å². The lowest BCUT2D eigenvalue weighted by Crippen LogP contribution is -2.07. The van der Waals surface area contributed by atoms with E-state index < -0.39 is 17.5 Å². The van der Waals surface area contributed by atoms with Crippen LogP contribution in [0.25, 0.3) is 17.3 Å². The van der Waals surface area contributed by atoms with Crippen LogP contribution in [0, 0.1) is 11.6 Å². The van der Waals surface area contributed by atoms with Crippen molar-refractivity contribution in [1.82, 2.24) is 4.98 Å². The molecule has 0 bridgehead atoms. The molecule has 1 amide bonds. The van der Waals surface area contributed by atoms with Gasteiger partial charge >= 0.3 is 0 Å². The zero-order valence-electron chi connectivity index (χ0n) is 13.0. The van der Waals surface area contributed by atoms with Gasteiger partial charge in [0.2, 0.25) is 5.91 Å². The fourth-order valence-electron chi connectivity index (χ4n) is 2.13. The maximum Gasteiger partial charge on any atom is 0.250 e. The van der Waals surface area contributed by atoms with Crippen molar-refractivity contribution < 1.29 is 13.6 Å². The van der Waals surface area contributed by atoms with Crippen LogP contribution in [0.3, 0.4) is 0 Å². The zero-order chi connectivity index (χ0) is 18.7. The number of rotatable bonds is 4. The Morgan fingerprint density at radius 1 is 1.15 bits per heavy atom. The summed E-state index contributed by atoms with van der Waals surface area (Å²) in [5.41, 5.74) is 0.988. The van der Waals surface area contributed by atoms with Gasteiger partial charge in [-0.05, 0) is 30.3 Å². The van der Waals surface area contributed by atoms with E-state index in [-0.39, 0.29) is 10.7 Å². The first-order valence-electron chi connectivity index (χ1n) is 7.28. The molecule has 0 aliphatic rings. The van der Waals surface area contributed by atoms with Gasteiger partial charge in [-0.2, -0.15) is 0 Å². The molecule has 0 unspecified atom stereocenters. The maximum absolute atomic E-state index is 13.8. The molecule has 0 aliphatic heterocycles. The molecule has 1 heterocycles. The Labute approximate surface area is 161 Å². The quantitative estimate of drug-likeness (QED) is 0.532. The minimum atomic E-state index is -0.721. The molecular weight excluding hydrogens is 401 g/mol. The van der Waals surface area contributed by atoms with E-state index >= 15 is 0 Å². The van der Waals surface area contributed by atoms with E-state index in [9.17, 15) is 13.6 Å². The lowest BCUT2D eigenvalue weighted by molar-refractivity contribution is -0.111. The highest BCUT2D eigenvalue weighted by atomic mass is 35.5. The third-order valence-corrected chi connectivity index (χ3v) is 4.76. The van der Waals surface area contributed by atoms with Gasteiger partial charge in [0.15, 0.2) is 5.13 Å². The number of halogens is 4. The molecule has 26 heavy (non-hydrogen) atoms. The highest BCUT2D eigenvalue weighted by Gasteiger charge is 2.11. The van der Waals surface area contributed by atoms with E-state index in [1.54, 1.807) is 23.6 Å². The standard InChI is InChI=1S/C18H10Cl2F2N2OS/c19-13-2-1-3-14(20)11(13)6-7-17(25)24-18-23-16(9-26-18)12-5-4-10(21)8-15(12)22/h1-9H,(H,23,24,25)/b7-6+. The fraction of sp³-hybridized carbons (Fsp3) is 0. The van der Waals surface area contributed by atoms with Gasteiger partial charge in [0.25, 0.3) is 0 Å². The second-order valence-corrected chi connectivity index (χ2v) is 6.79. The summed E-state index contributed by atoms with van der Waals surface area (Å²) in [6.45, 7) is 0. The van der Waals surface area contributed by atoms with Crippen LogP contribution < -0.4 is 5.32 Å². The molecule has 8 heteroatoms. The van der Waals surface area contributed by atoms with E-state index in [4.69, 9.17) is 23.2 Å². The largest absolute Gasteiger partial charge is 0.298 e. The summed E-state index contributed by atoms with van der Waals surface area (Å²) in [6.07, 6.45) is 2.76. The van der Waals surface area contributed by atoms with Crippen LogP contribution in [-0.4, -0.2) is 10.9 Å². The highest BCUT2D eigenvalue weighted by molar-refractivity contribution is 7.14. The molecule has 0 spiro atoms. The van der Waals surface area contributed by atoms with Crippen LogP contribution >= 0.6 is 34.5 Å². The van der Waals surface area contributed by atoms with Crippen LogP contribution in [0.2, 0.25) is 10.0 Å². The summed E-state index contributed by atoms with van der Waals surface area (Å²) in [7, 11) is 0. The Morgan fingerprint density at radius 3 is 2.58 bits per heavy atom. The summed E-state index contributed by atoms with van der Waals surface area (Å²) in [4.78, 5) is 16.2. The molecule has 0 aliphatic carbocycles. The van der Waals surface area contributed by atoms with Gasteiger partial charge in [-0.1, -0.05) is 29.3 Å². The molecule has 1 aromatic heterocycles.